The number of carbonyl (C=O) groups is 2. The van der Waals surface area contributed by atoms with E-state index in [4.69, 9.17) is 30.8 Å². The number of amides is 2. The van der Waals surface area contributed by atoms with E-state index in [0.29, 0.717) is 65.0 Å². The minimum absolute atomic E-state index is 0.0772. The van der Waals surface area contributed by atoms with E-state index < -0.39 is 0 Å². The Morgan fingerprint density at radius 1 is 1.14 bits per heavy atom. The first-order valence-corrected chi connectivity index (χ1v) is 15.7. The fourth-order valence-corrected chi connectivity index (χ4v) is 6.82. The van der Waals surface area contributed by atoms with Crippen LogP contribution in [0.3, 0.4) is 0 Å². The second kappa shape index (κ2) is 13.5. The summed E-state index contributed by atoms with van der Waals surface area (Å²) in [6, 6.07) is 12.5. The van der Waals surface area contributed by atoms with E-state index in [1.165, 1.54) is 4.88 Å². The Hall–Kier alpha value is -3.40. The Balaban J connectivity index is 1.37. The van der Waals surface area contributed by atoms with Gasteiger partial charge < -0.3 is 24.4 Å². The maximum atomic E-state index is 13.6. The molecule has 2 amide bonds. The molecule has 0 bridgehead atoms. The third-order valence-corrected chi connectivity index (χ3v) is 9.45. The van der Waals surface area contributed by atoms with Crippen molar-refractivity contribution in [1.29, 1.82) is 0 Å². The van der Waals surface area contributed by atoms with Crippen molar-refractivity contribution < 1.29 is 23.8 Å². The molecule has 0 radical (unpaired) electrons. The van der Waals surface area contributed by atoms with Gasteiger partial charge in [0.15, 0.2) is 18.1 Å². The zero-order chi connectivity index (χ0) is 30.6. The van der Waals surface area contributed by atoms with Crippen LogP contribution < -0.4 is 14.8 Å². The SMILES string of the molecule is COc1cc(C=Nc2sc3c(c2C(=O)Nc2ccc(Cl)cc2)CC[C@H](C(C)(C)C)C3)ccc1OCC(=O)N1CCOCC1. The highest BCUT2D eigenvalue weighted by Gasteiger charge is 2.33. The van der Waals surface area contributed by atoms with Crippen molar-refractivity contribution in [2.75, 3.05) is 45.3 Å². The zero-order valence-corrected chi connectivity index (χ0v) is 26.6. The summed E-state index contributed by atoms with van der Waals surface area (Å²) in [6.07, 6.45) is 4.55. The number of morpholine rings is 1. The highest BCUT2D eigenvalue weighted by Crippen LogP contribution is 2.45. The van der Waals surface area contributed by atoms with Crippen LogP contribution in [-0.4, -0.2) is 62.9 Å². The van der Waals surface area contributed by atoms with E-state index >= 15 is 0 Å². The summed E-state index contributed by atoms with van der Waals surface area (Å²) >= 11 is 7.64. The molecule has 0 unspecified atom stereocenters. The average Bonchev–Trinajstić information content (AvgIpc) is 3.38. The van der Waals surface area contributed by atoms with Crippen molar-refractivity contribution in [2.45, 2.75) is 40.0 Å². The number of ether oxygens (including phenoxy) is 3. The van der Waals surface area contributed by atoms with Crippen LogP contribution in [0, 0.1) is 11.3 Å². The molecule has 1 aliphatic carbocycles. The lowest BCUT2D eigenvalue weighted by atomic mass is 9.72. The van der Waals surface area contributed by atoms with Crippen molar-refractivity contribution in [3.63, 3.8) is 0 Å². The molecular weight excluding hydrogens is 586 g/mol. The monoisotopic (exact) mass is 623 g/mol. The molecule has 8 nitrogen and oxygen atoms in total. The van der Waals surface area contributed by atoms with E-state index in [1.54, 1.807) is 59.9 Å². The highest BCUT2D eigenvalue weighted by atomic mass is 35.5. The summed E-state index contributed by atoms with van der Waals surface area (Å²) in [4.78, 5) is 34.0. The number of nitrogens with one attached hydrogen (secondary N) is 1. The van der Waals surface area contributed by atoms with Gasteiger partial charge in [0.05, 0.1) is 25.9 Å². The summed E-state index contributed by atoms with van der Waals surface area (Å²) in [5.74, 6) is 1.25. The van der Waals surface area contributed by atoms with Gasteiger partial charge in [-0.15, -0.1) is 11.3 Å². The van der Waals surface area contributed by atoms with Gasteiger partial charge in [-0.1, -0.05) is 32.4 Å². The second-order valence-corrected chi connectivity index (χ2v) is 13.4. The van der Waals surface area contributed by atoms with Crippen molar-refractivity contribution in [3.8, 4) is 11.5 Å². The molecule has 0 saturated carbocycles. The maximum absolute atomic E-state index is 13.6. The standard InChI is InChI=1S/C33H38ClN3O5S/c1-33(2,3)22-6-11-25-28(18-22)43-32(30(25)31(39)36-24-9-7-23(34)8-10-24)35-19-21-5-12-26(27(17-21)40-4)42-20-29(38)37-13-15-41-16-14-37/h5,7-10,12,17,19,22H,6,11,13-16,18,20H2,1-4H3,(H,36,39)/t22-/m0/s1. The number of aliphatic imine (C=N–C) groups is 1. The molecule has 228 valence electrons. The van der Waals surface area contributed by atoms with Crippen molar-refractivity contribution in [3.05, 3.63) is 69.1 Å². The number of hydrogen-bond donors (Lipinski definition) is 1. The molecule has 10 heteroatoms. The number of carbonyl (C=O) groups excluding carboxylic acids is 2. The predicted octanol–water partition coefficient (Wildman–Crippen LogP) is 6.80. The first kappa shape index (κ1) is 31.0. The Bertz CT molecular complexity index is 1490. The number of hydrogen-bond acceptors (Lipinski definition) is 7. The van der Waals surface area contributed by atoms with Gasteiger partial charge in [-0.2, -0.15) is 0 Å². The average molecular weight is 624 g/mol. The van der Waals surface area contributed by atoms with Crippen LogP contribution >= 0.6 is 22.9 Å². The van der Waals surface area contributed by atoms with Crippen molar-refractivity contribution >= 4 is 51.7 Å². The fraction of sp³-hybridized carbons (Fsp3) is 0.424. The smallest absolute Gasteiger partial charge is 0.260 e. The van der Waals surface area contributed by atoms with E-state index in [-0.39, 0.29) is 23.8 Å². The second-order valence-electron chi connectivity index (χ2n) is 11.9. The number of thiophene rings is 1. The molecule has 1 N–H and O–H groups in total. The minimum Gasteiger partial charge on any atom is -0.493 e. The number of halogens is 1. The molecule has 1 aliphatic heterocycles. The van der Waals surface area contributed by atoms with E-state index in [0.717, 1.165) is 30.4 Å². The van der Waals surface area contributed by atoms with Crippen LogP contribution in [0.2, 0.25) is 5.02 Å². The lowest BCUT2D eigenvalue weighted by molar-refractivity contribution is -0.137. The summed E-state index contributed by atoms with van der Waals surface area (Å²) < 4.78 is 16.7. The summed E-state index contributed by atoms with van der Waals surface area (Å²) in [7, 11) is 1.56. The Morgan fingerprint density at radius 2 is 1.88 bits per heavy atom. The van der Waals surface area contributed by atoms with Crippen LogP contribution in [0.1, 0.15) is 53.6 Å². The van der Waals surface area contributed by atoms with E-state index in [1.807, 2.05) is 12.1 Å². The molecule has 1 atom stereocenters. The Labute approximate surface area is 262 Å². The molecule has 0 spiro atoms. The van der Waals surface area contributed by atoms with Crippen LogP contribution in [0.25, 0.3) is 0 Å². The molecule has 3 aromatic rings. The summed E-state index contributed by atoms with van der Waals surface area (Å²) in [6.45, 7) is 8.98. The highest BCUT2D eigenvalue weighted by molar-refractivity contribution is 7.16. The van der Waals surface area contributed by atoms with Gasteiger partial charge >= 0.3 is 0 Å². The normalized spacial score (nSPS) is 17.0. The van der Waals surface area contributed by atoms with Crippen molar-refractivity contribution in [1.82, 2.24) is 4.90 Å². The number of rotatable bonds is 8. The quantitative estimate of drug-likeness (QED) is 0.279. The van der Waals surface area contributed by atoms with Crippen LogP contribution in [-0.2, 0) is 22.4 Å². The van der Waals surface area contributed by atoms with Gasteiger partial charge in [-0.3, -0.25) is 9.59 Å². The first-order valence-electron chi connectivity index (χ1n) is 14.5. The topological polar surface area (TPSA) is 89.5 Å². The predicted molar refractivity (Wildman–Crippen MR) is 172 cm³/mol. The summed E-state index contributed by atoms with van der Waals surface area (Å²) in [5, 5.41) is 4.33. The number of benzene rings is 2. The number of anilines is 1. The van der Waals surface area contributed by atoms with Crippen LogP contribution in [0.4, 0.5) is 10.7 Å². The largest absolute Gasteiger partial charge is 0.493 e. The molecule has 1 fully saturated rings. The maximum Gasteiger partial charge on any atom is 0.260 e. The molecule has 43 heavy (non-hydrogen) atoms. The third-order valence-electron chi connectivity index (χ3n) is 8.03. The van der Waals surface area contributed by atoms with Crippen LogP contribution in [0.15, 0.2) is 47.5 Å². The van der Waals surface area contributed by atoms with E-state index in [2.05, 4.69) is 26.1 Å². The van der Waals surface area contributed by atoms with Gasteiger partial charge in [0.1, 0.15) is 5.00 Å². The Kier molecular flexibility index (Phi) is 9.74. The van der Waals surface area contributed by atoms with Crippen LogP contribution in [0.5, 0.6) is 11.5 Å². The Morgan fingerprint density at radius 3 is 2.58 bits per heavy atom. The van der Waals surface area contributed by atoms with Gasteiger partial charge in [0.25, 0.3) is 11.8 Å². The summed E-state index contributed by atoms with van der Waals surface area (Å²) in [5.41, 5.74) is 3.37. The number of methoxy groups -OCH3 is 1. The minimum atomic E-state index is -0.174. The van der Waals surface area contributed by atoms with Gasteiger partial charge in [-0.25, -0.2) is 4.99 Å². The lowest BCUT2D eigenvalue weighted by Gasteiger charge is -2.33. The molecule has 2 heterocycles. The third kappa shape index (κ3) is 7.58. The molecule has 1 aromatic heterocycles. The molecule has 1 saturated heterocycles. The number of nitrogens with zero attached hydrogens (tertiary/aromatic N) is 2. The molecular formula is C33H38ClN3O5S. The van der Waals surface area contributed by atoms with Gasteiger partial charge in [0, 0.05) is 34.9 Å². The molecule has 2 aromatic carbocycles. The zero-order valence-electron chi connectivity index (χ0n) is 25.1. The fourth-order valence-electron chi connectivity index (χ4n) is 5.42. The van der Waals surface area contributed by atoms with Crippen molar-refractivity contribution in [2.24, 2.45) is 16.3 Å². The first-order chi connectivity index (χ1) is 20.6. The molecule has 5 rings (SSSR count). The number of fused-ring (bicyclic) bond motifs is 1. The lowest BCUT2D eigenvalue weighted by Crippen LogP contribution is -2.43. The van der Waals surface area contributed by atoms with Gasteiger partial charge in [0.2, 0.25) is 0 Å². The van der Waals surface area contributed by atoms with Gasteiger partial charge in [-0.05, 0) is 84.2 Å². The van der Waals surface area contributed by atoms with E-state index in [9.17, 15) is 9.59 Å². The molecule has 2 aliphatic rings.